The van der Waals surface area contributed by atoms with E-state index in [4.69, 9.17) is 0 Å². The molecule has 1 aromatic heterocycles. The molecular formula is C27H32FN5O2. The van der Waals surface area contributed by atoms with E-state index >= 15 is 0 Å². The molecule has 3 amide bonds. The Labute approximate surface area is 205 Å². The summed E-state index contributed by atoms with van der Waals surface area (Å²) in [5, 5.41) is 3.94. The van der Waals surface area contributed by atoms with Crippen LogP contribution in [0.2, 0.25) is 0 Å². The highest BCUT2D eigenvalue weighted by Crippen LogP contribution is 2.36. The number of carbonyl (C=O) groups excluding carboxylic acids is 2. The van der Waals surface area contributed by atoms with E-state index in [0.29, 0.717) is 11.5 Å². The summed E-state index contributed by atoms with van der Waals surface area (Å²) in [6.45, 7) is 5.11. The van der Waals surface area contributed by atoms with Crippen LogP contribution in [0.25, 0.3) is 16.6 Å². The second kappa shape index (κ2) is 9.70. The van der Waals surface area contributed by atoms with Crippen molar-refractivity contribution in [1.29, 1.82) is 0 Å². The first kappa shape index (κ1) is 23.4. The van der Waals surface area contributed by atoms with Crippen LogP contribution < -0.4 is 5.32 Å². The summed E-state index contributed by atoms with van der Waals surface area (Å²) >= 11 is 0. The maximum atomic E-state index is 13.6. The van der Waals surface area contributed by atoms with Crippen molar-refractivity contribution in [3.8, 4) is 5.69 Å². The summed E-state index contributed by atoms with van der Waals surface area (Å²) in [5.41, 5.74) is 3.82. The average Bonchev–Trinajstić information content (AvgIpc) is 3.46. The molecule has 0 bridgehead atoms. The predicted molar refractivity (Wildman–Crippen MR) is 135 cm³/mol. The molecule has 0 atom stereocenters. The lowest BCUT2D eigenvalue weighted by Gasteiger charge is -2.32. The molecule has 0 aliphatic carbocycles. The number of nitrogens with one attached hydrogen (secondary N) is 1. The predicted octanol–water partition coefficient (Wildman–Crippen LogP) is 3.68. The second-order valence-corrected chi connectivity index (χ2v) is 9.70. The Morgan fingerprint density at radius 1 is 1.06 bits per heavy atom. The summed E-state index contributed by atoms with van der Waals surface area (Å²) in [6.07, 6.45) is 4.19. The van der Waals surface area contributed by atoms with Gasteiger partial charge in [-0.15, -0.1) is 0 Å². The first-order valence-corrected chi connectivity index (χ1v) is 12.3. The lowest BCUT2D eigenvalue weighted by molar-refractivity contribution is 0.0827. The molecule has 0 spiro atoms. The molecule has 2 aliphatic rings. The minimum absolute atomic E-state index is 0.0202. The van der Waals surface area contributed by atoms with Gasteiger partial charge in [0, 0.05) is 63.1 Å². The number of hydrogen-bond acceptors (Lipinski definition) is 3. The van der Waals surface area contributed by atoms with Crippen molar-refractivity contribution in [2.75, 3.05) is 53.4 Å². The van der Waals surface area contributed by atoms with Crippen LogP contribution in [0, 0.1) is 5.82 Å². The molecule has 2 aliphatic heterocycles. The maximum Gasteiger partial charge on any atom is 0.317 e. The van der Waals surface area contributed by atoms with Gasteiger partial charge in [0.2, 0.25) is 0 Å². The normalized spacial score (nSPS) is 17.2. The Morgan fingerprint density at radius 3 is 2.46 bits per heavy atom. The fourth-order valence-electron chi connectivity index (χ4n) is 5.24. The van der Waals surface area contributed by atoms with Crippen LogP contribution in [0.15, 0.2) is 48.7 Å². The third-order valence-corrected chi connectivity index (χ3v) is 7.25. The van der Waals surface area contributed by atoms with Crippen LogP contribution in [0.4, 0.5) is 9.18 Å². The molecule has 0 radical (unpaired) electrons. The molecule has 5 rings (SSSR count). The zero-order valence-electron chi connectivity index (χ0n) is 20.3. The Balaban J connectivity index is 1.40. The van der Waals surface area contributed by atoms with Crippen molar-refractivity contribution >= 4 is 22.8 Å². The topological polar surface area (TPSA) is 60.8 Å². The molecule has 3 aromatic rings. The number of benzene rings is 2. The van der Waals surface area contributed by atoms with E-state index in [0.717, 1.165) is 68.7 Å². The standard InChI is InChI=1S/C27H32FN5O2/c1-30(2)26(34)20-3-8-25-23(17-20)24(18-33(25)22-6-4-21(28)5-7-22)19-9-12-31(13-10-19)15-16-32-14-11-29-27(32)35/h3-8,17-19H,9-16H2,1-2H3,(H,29,35). The highest BCUT2D eigenvalue weighted by Gasteiger charge is 2.26. The molecule has 0 saturated carbocycles. The third kappa shape index (κ3) is 4.75. The van der Waals surface area contributed by atoms with E-state index in [-0.39, 0.29) is 17.8 Å². The molecule has 3 heterocycles. The molecule has 1 N–H and O–H groups in total. The zero-order valence-corrected chi connectivity index (χ0v) is 20.3. The Hall–Kier alpha value is -3.39. The number of carbonyl (C=O) groups is 2. The minimum Gasteiger partial charge on any atom is -0.345 e. The van der Waals surface area contributed by atoms with Gasteiger partial charge in [0.25, 0.3) is 5.91 Å². The van der Waals surface area contributed by atoms with Gasteiger partial charge in [-0.25, -0.2) is 9.18 Å². The van der Waals surface area contributed by atoms with Crippen LogP contribution >= 0.6 is 0 Å². The zero-order chi connectivity index (χ0) is 24.5. The average molecular weight is 478 g/mol. The maximum absolute atomic E-state index is 13.6. The summed E-state index contributed by atoms with van der Waals surface area (Å²) in [5.74, 6) is 0.0893. The van der Waals surface area contributed by atoms with Crippen molar-refractivity contribution in [1.82, 2.24) is 24.6 Å². The summed E-state index contributed by atoms with van der Waals surface area (Å²) < 4.78 is 15.7. The van der Waals surface area contributed by atoms with Crippen LogP contribution in [0.3, 0.4) is 0 Å². The Bertz CT molecular complexity index is 1230. The molecule has 184 valence electrons. The molecule has 2 aromatic carbocycles. The molecule has 8 heteroatoms. The number of nitrogens with zero attached hydrogens (tertiary/aromatic N) is 4. The lowest BCUT2D eigenvalue weighted by Crippen LogP contribution is -2.40. The van der Waals surface area contributed by atoms with Gasteiger partial charge in [-0.3, -0.25) is 4.79 Å². The first-order chi connectivity index (χ1) is 16.9. The van der Waals surface area contributed by atoms with Crippen molar-refractivity contribution in [3.05, 3.63) is 65.6 Å². The van der Waals surface area contributed by atoms with Crippen LogP contribution in [-0.4, -0.2) is 84.6 Å². The Morgan fingerprint density at radius 2 is 1.80 bits per heavy atom. The first-order valence-electron chi connectivity index (χ1n) is 12.3. The molecule has 2 saturated heterocycles. The van der Waals surface area contributed by atoms with E-state index in [1.807, 2.05) is 23.1 Å². The van der Waals surface area contributed by atoms with Crippen molar-refractivity contribution in [2.45, 2.75) is 18.8 Å². The van der Waals surface area contributed by atoms with Crippen LogP contribution in [-0.2, 0) is 0 Å². The van der Waals surface area contributed by atoms with E-state index in [2.05, 4.69) is 21.0 Å². The molecule has 0 unspecified atom stereocenters. The van der Waals surface area contributed by atoms with Gasteiger partial charge in [0.15, 0.2) is 0 Å². The van der Waals surface area contributed by atoms with E-state index in [1.54, 1.807) is 31.1 Å². The second-order valence-electron chi connectivity index (χ2n) is 9.70. The number of likely N-dealkylation sites (tertiary alicyclic amines) is 1. The van der Waals surface area contributed by atoms with E-state index in [9.17, 15) is 14.0 Å². The monoisotopic (exact) mass is 477 g/mol. The lowest BCUT2D eigenvalue weighted by atomic mass is 9.89. The summed E-state index contributed by atoms with van der Waals surface area (Å²) in [6, 6.07) is 12.4. The number of rotatable bonds is 6. The van der Waals surface area contributed by atoms with E-state index in [1.165, 1.54) is 17.7 Å². The highest BCUT2D eigenvalue weighted by molar-refractivity contribution is 5.99. The number of halogens is 1. The molecule has 7 nitrogen and oxygen atoms in total. The number of urea groups is 1. The fraction of sp³-hybridized carbons (Fsp3) is 0.407. The van der Waals surface area contributed by atoms with Crippen LogP contribution in [0.5, 0.6) is 0 Å². The molecular weight excluding hydrogens is 445 g/mol. The van der Waals surface area contributed by atoms with Gasteiger partial charge < -0.3 is 24.6 Å². The third-order valence-electron chi connectivity index (χ3n) is 7.25. The van der Waals surface area contributed by atoms with Gasteiger partial charge in [-0.1, -0.05) is 0 Å². The summed E-state index contributed by atoms with van der Waals surface area (Å²) in [4.78, 5) is 30.4. The summed E-state index contributed by atoms with van der Waals surface area (Å²) in [7, 11) is 3.53. The van der Waals surface area contributed by atoms with Gasteiger partial charge in [0.1, 0.15) is 5.82 Å². The van der Waals surface area contributed by atoms with Crippen molar-refractivity contribution in [2.24, 2.45) is 0 Å². The highest BCUT2D eigenvalue weighted by atomic mass is 19.1. The van der Waals surface area contributed by atoms with Gasteiger partial charge in [-0.2, -0.15) is 0 Å². The van der Waals surface area contributed by atoms with Crippen LogP contribution in [0.1, 0.15) is 34.7 Å². The molecule has 2 fully saturated rings. The minimum atomic E-state index is -0.261. The largest absolute Gasteiger partial charge is 0.345 e. The number of hydrogen-bond donors (Lipinski definition) is 1. The van der Waals surface area contributed by atoms with E-state index < -0.39 is 0 Å². The number of fused-ring (bicyclic) bond motifs is 1. The number of amides is 3. The van der Waals surface area contributed by atoms with Gasteiger partial charge >= 0.3 is 6.03 Å². The SMILES string of the molecule is CN(C)C(=O)c1ccc2c(c1)c(C1CCN(CCN3CCNC3=O)CC1)cn2-c1ccc(F)cc1. The quantitative estimate of drug-likeness (QED) is 0.589. The van der Waals surface area contributed by atoms with Gasteiger partial charge in [-0.05, 0) is 79.9 Å². The fourth-order valence-corrected chi connectivity index (χ4v) is 5.24. The van der Waals surface area contributed by atoms with Gasteiger partial charge in [0.05, 0.1) is 5.52 Å². The van der Waals surface area contributed by atoms with Crippen molar-refractivity contribution in [3.63, 3.8) is 0 Å². The smallest absolute Gasteiger partial charge is 0.317 e. The number of piperidine rings is 1. The van der Waals surface area contributed by atoms with Crippen molar-refractivity contribution < 1.29 is 14.0 Å². The molecule has 35 heavy (non-hydrogen) atoms. The Kier molecular flexibility index (Phi) is 6.47. The number of aromatic nitrogens is 1.